The smallest absolute Gasteiger partial charge is 0.162 e. The Balaban J connectivity index is 2.05. The number of hydrogen-bond acceptors (Lipinski definition) is 2. The topological polar surface area (TPSA) is 29.1 Å². The van der Waals surface area contributed by atoms with Gasteiger partial charge in [-0.3, -0.25) is 4.79 Å². The van der Waals surface area contributed by atoms with Gasteiger partial charge in [-0.25, -0.2) is 0 Å². The first-order chi connectivity index (χ1) is 7.96. The van der Waals surface area contributed by atoms with Gasteiger partial charge in [-0.05, 0) is 29.9 Å². The molecule has 1 aromatic rings. The summed E-state index contributed by atoms with van der Waals surface area (Å²) in [4.78, 5) is 12.1. The third-order valence-corrected chi connectivity index (χ3v) is 3.24. The van der Waals surface area contributed by atoms with E-state index in [1.54, 1.807) is 0 Å². The lowest BCUT2D eigenvalue weighted by Crippen LogP contribution is -2.09. The van der Waals surface area contributed by atoms with E-state index in [-0.39, 0.29) is 11.2 Å². The lowest BCUT2D eigenvalue weighted by atomic mass is 9.88. The minimum atomic E-state index is 0.227. The molecule has 1 N–H and O–H groups in total. The number of fused-ring (bicyclic) bond motifs is 1. The zero-order valence-electron chi connectivity index (χ0n) is 11.0. The van der Waals surface area contributed by atoms with Crippen LogP contribution in [0.3, 0.4) is 0 Å². The quantitative estimate of drug-likeness (QED) is 0.804. The van der Waals surface area contributed by atoms with Gasteiger partial charge in [0.1, 0.15) is 0 Å². The number of benzene rings is 1. The highest BCUT2D eigenvalue weighted by Gasteiger charge is 2.16. The normalized spacial score (nSPS) is 14.3. The van der Waals surface area contributed by atoms with Crippen LogP contribution in [0.1, 0.15) is 49.5 Å². The van der Waals surface area contributed by atoms with E-state index < -0.39 is 0 Å². The fourth-order valence-electron chi connectivity index (χ4n) is 2.10. The van der Waals surface area contributed by atoms with E-state index in [0.717, 1.165) is 30.6 Å². The molecule has 0 fully saturated rings. The van der Waals surface area contributed by atoms with E-state index in [4.69, 9.17) is 0 Å². The summed E-state index contributed by atoms with van der Waals surface area (Å²) in [5.41, 5.74) is 3.55. The number of nitrogens with one attached hydrogen (secondary N) is 1. The van der Waals surface area contributed by atoms with Crippen molar-refractivity contribution in [3.8, 4) is 0 Å². The molecule has 0 amide bonds. The van der Waals surface area contributed by atoms with Crippen molar-refractivity contribution >= 4 is 11.5 Å². The molecule has 2 heteroatoms. The standard InChI is InChI=1S/C15H21NO/c1-15(2,3)8-6-14(17)12-5-4-11-7-9-16-13(11)10-12/h4-5,10,16H,6-9H2,1-3H3. The molecule has 1 heterocycles. The van der Waals surface area contributed by atoms with Crippen molar-refractivity contribution in [3.05, 3.63) is 29.3 Å². The molecular formula is C15H21NO. The fourth-order valence-corrected chi connectivity index (χ4v) is 2.10. The number of Topliss-reactive ketones (excluding diaryl/α,β-unsaturated/α-hetero) is 1. The lowest BCUT2D eigenvalue weighted by molar-refractivity contribution is 0.0966. The van der Waals surface area contributed by atoms with Crippen LogP contribution in [0.5, 0.6) is 0 Å². The van der Waals surface area contributed by atoms with Gasteiger partial charge in [0.25, 0.3) is 0 Å². The lowest BCUT2D eigenvalue weighted by Gasteiger charge is -2.17. The molecule has 2 nitrogen and oxygen atoms in total. The van der Waals surface area contributed by atoms with E-state index in [2.05, 4.69) is 32.2 Å². The maximum Gasteiger partial charge on any atom is 0.162 e. The number of carbonyl (C=O) groups is 1. The van der Waals surface area contributed by atoms with Crippen LogP contribution >= 0.6 is 0 Å². The molecule has 0 saturated heterocycles. The molecule has 92 valence electrons. The van der Waals surface area contributed by atoms with Gasteiger partial charge in [-0.1, -0.05) is 32.9 Å². The highest BCUT2D eigenvalue weighted by Crippen LogP contribution is 2.26. The second kappa shape index (κ2) is 4.52. The van der Waals surface area contributed by atoms with Crippen molar-refractivity contribution in [1.29, 1.82) is 0 Å². The Morgan fingerprint density at radius 2 is 2.12 bits per heavy atom. The summed E-state index contributed by atoms with van der Waals surface area (Å²) < 4.78 is 0. The van der Waals surface area contributed by atoms with E-state index in [9.17, 15) is 4.79 Å². The van der Waals surface area contributed by atoms with Crippen LogP contribution in [0.2, 0.25) is 0 Å². The first-order valence-electron chi connectivity index (χ1n) is 6.36. The Labute approximate surface area is 103 Å². The summed E-state index contributed by atoms with van der Waals surface area (Å²) in [7, 11) is 0. The van der Waals surface area contributed by atoms with Crippen LogP contribution in [0.4, 0.5) is 5.69 Å². The zero-order valence-corrected chi connectivity index (χ0v) is 11.0. The molecule has 0 saturated carbocycles. The Hall–Kier alpha value is -1.31. The van der Waals surface area contributed by atoms with E-state index >= 15 is 0 Å². The largest absolute Gasteiger partial charge is 0.384 e. The van der Waals surface area contributed by atoms with Crippen LogP contribution in [0.15, 0.2) is 18.2 Å². The van der Waals surface area contributed by atoms with Crippen LogP contribution in [0.25, 0.3) is 0 Å². The van der Waals surface area contributed by atoms with Gasteiger partial charge in [0.15, 0.2) is 5.78 Å². The number of carbonyl (C=O) groups excluding carboxylic acids is 1. The number of hydrogen-bond donors (Lipinski definition) is 1. The Morgan fingerprint density at radius 1 is 1.35 bits per heavy atom. The predicted molar refractivity (Wildman–Crippen MR) is 71.7 cm³/mol. The van der Waals surface area contributed by atoms with E-state index in [1.165, 1.54) is 5.56 Å². The van der Waals surface area contributed by atoms with Crippen molar-refractivity contribution in [2.75, 3.05) is 11.9 Å². The molecule has 0 radical (unpaired) electrons. The average molecular weight is 231 g/mol. The van der Waals surface area contributed by atoms with Crippen LogP contribution in [-0.4, -0.2) is 12.3 Å². The Bertz CT molecular complexity index is 429. The van der Waals surface area contributed by atoms with Gasteiger partial charge in [0.2, 0.25) is 0 Å². The summed E-state index contributed by atoms with van der Waals surface area (Å²) in [6, 6.07) is 6.06. The highest BCUT2D eigenvalue weighted by molar-refractivity contribution is 5.97. The molecule has 1 aromatic carbocycles. The first-order valence-corrected chi connectivity index (χ1v) is 6.36. The fraction of sp³-hybridized carbons (Fsp3) is 0.533. The maximum atomic E-state index is 12.1. The van der Waals surface area contributed by atoms with Gasteiger partial charge >= 0.3 is 0 Å². The van der Waals surface area contributed by atoms with E-state index in [0.29, 0.717) is 6.42 Å². The van der Waals surface area contributed by atoms with Gasteiger partial charge in [-0.15, -0.1) is 0 Å². The zero-order chi connectivity index (χ0) is 12.5. The minimum absolute atomic E-state index is 0.227. The van der Waals surface area contributed by atoms with Crippen LogP contribution < -0.4 is 5.32 Å². The molecular weight excluding hydrogens is 210 g/mol. The molecule has 1 aliphatic heterocycles. The minimum Gasteiger partial charge on any atom is -0.384 e. The molecule has 2 rings (SSSR count). The number of rotatable bonds is 3. The van der Waals surface area contributed by atoms with Gasteiger partial charge in [0, 0.05) is 24.2 Å². The third kappa shape index (κ3) is 3.09. The maximum absolute atomic E-state index is 12.1. The Kier molecular flexibility index (Phi) is 3.23. The SMILES string of the molecule is CC(C)(C)CCC(=O)c1ccc2c(c1)NCC2. The second-order valence-electron chi connectivity index (χ2n) is 6.03. The molecule has 0 aliphatic carbocycles. The number of anilines is 1. The summed E-state index contributed by atoms with van der Waals surface area (Å²) in [5.74, 6) is 0.261. The third-order valence-electron chi connectivity index (χ3n) is 3.24. The van der Waals surface area contributed by atoms with Crippen molar-refractivity contribution in [1.82, 2.24) is 0 Å². The van der Waals surface area contributed by atoms with Crippen molar-refractivity contribution in [3.63, 3.8) is 0 Å². The van der Waals surface area contributed by atoms with Gasteiger partial charge in [-0.2, -0.15) is 0 Å². The van der Waals surface area contributed by atoms with Gasteiger partial charge in [0.05, 0.1) is 0 Å². The highest BCUT2D eigenvalue weighted by atomic mass is 16.1. The predicted octanol–water partition coefficient (Wildman–Crippen LogP) is 3.66. The molecule has 0 aromatic heterocycles. The summed E-state index contributed by atoms with van der Waals surface area (Å²) in [5, 5.41) is 3.32. The molecule has 17 heavy (non-hydrogen) atoms. The van der Waals surface area contributed by atoms with Crippen LogP contribution in [-0.2, 0) is 6.42 Å². The summed E-state index contributed by atoms with van der Waals surface area (Å²) >= 11 is 0. The molecule has 1 aliphatic rings. The monoisotopic (exact) mass is 231 g/mol. The van der Waals surface area contributed by atoms with Crippen molar-refractivity contribution in [2.45, 2.75) is 40.0 Å². The van der Waals surface area contributed by atoms with Crippen molar-refractivity contribution < 1.29 is 4.79 Å². The molecule has 0 unspecified atom stereocenters. The molecule has 0 atom stereocenters. The number of ketones is 1. The second-order valence-corrected chi connectivity index (χ2v) is 6.03. The van der Waals surface area contributed by atoms with Crippen molar-refractivity contribution in [2.24, 2.45) is 5.41 Å². The first kappa shape index (κ1) is 12.2. The van der Waals surface area contributed by atoms with Gasteiger partial charge < -0.3 is 5.32 Å². The molecule has 0 spiro atoms. The Morgan fingerprint density at radius 3 is 2.82 bits per heavy atom. The molecule has 0 bridgehead atoms. The average Bonchev–Trinajstić information content (AvgIpc) is 2.71. The summed E-state index contributed by atoms with van der Waals surface area (Å²) in [6.45, 7) is 7.51. The summed E-state index contributed by atoms with van der Waals surface area (Å²) in [6.07, 6.45) is 2.66. The van der Waals surface area contributed by atoms with Crippen LogP contribution in [0, 0.1) is 5.41 Å². The van der Waals surface area contributed by atoms with E-state index in [1.807, 2.05) is 12.1 Å².